The van der Waals surface area contributed by atoms with Crippen LogP contribution in [0.2, 0.25) is 0 Å². The van der Waals surface area contributed by atoms with Crippen LogP contribution < -0.4 is 10.2 Å². The number of nitrogens with zero attached hydrogens (tertiary/aromatic N) is 3. The SMILES string of the molecule is O=C(Nc1ccc(N2CCN(C3CCCCC3)C2=O)nc1)c1ccccc1. The topological polar surface area (TPSA) is 65.5 Å². The van der Waals surface area contributed by atoms with Crippen molar-refractivity contribution >= 4 is 23.4 Å². The van der Waals surface area contributed by atoms with Gasteiger partial charge in [0.25, 0.3) is 5.91 Å². The van der Waals surface area contributed by atoms with E-state index < -0.39 is 0 Å². The van der Waals surface area contributed by atoms with Gasteiger partial charge in [0.1, 0.15) is 5.82 Å². The van der Waals surface area contributed by atoms with Gasteiger partial charge in [-0.05, 0) is 37.1 Å². The summed E-state index contributed by atoms with van der Waals surface area (Å²) in [7, 11) is 0. The van der Waals surface area contributed by atoms with Crippen LogP contribution in [0.4, 0.5) is 16.3 Å². The van der Waals surface area contributed by atoms with Crippen LogP contribution in [0, 0.1) is 0 Å². The largest absolute Gasteiger partial charge is 0.326 e. The number of anilines is 2. The lowest BCUT2D eigenvalue weighted by Gasteiger charge is -2.30. The van der Waals surface area contributed by atoms with Crippen molar-refractivity contribution in [3.05, 3.63) is 54.2 Å². The van der Waals surface area contributed by atoms with Gasteiger partial charge in [0.2, 0.25) is 0 Å². The summed E-state index contributed by atoms with van der Waals surface area (Å²) in [5.41, 5.74) is 1.21. The van der Waals surface area contributed by atoms with E-state index in [4.69, 9.17) is 0 Å². The Morgan fingerprint density at radius 1 is 1.00 bits per heavy atom. The Bertz CT molecular complexity index is 801. The average molecular weight is 364 g/mol. The van der Waals surface area contributed by atoms with Crippen molar-refractivity contribution in [2.24, 2.45) is 0 Å². The van der Waals surface area contributed by atoms with Gasteiger partial charge in [0.15, 0.2) is 0 Å². The van der Waals surface area contributed by atoms with Gasteiger partial charge < -0.3 is 10.2 Å². The third kappa shape index (κ3) is 3.79. The Morgan fingerprint density at radius 2 is 1.78 bits per heavy atom. The maximum atomic E-state index is 12.8. The van der Waals surface area contributed by atoms with Crippen molar-refractivity contribution in [2.45, 2.75) is 38.1 Å². The van der Waals surface area contributed by atoms with Crippen molar-refractivity contribution in [3.8, 4) is 0 Å². The molecule has 2 heterocycles. The van der Waals surface area contributed by atoms with Crippen LogP contribution in [0.1, 0.15) is 42.5 Å². The molecule has 0 spiro atoms. The molecule has 0 radical (unpaired) electrons. The molecule has 1 aromatic carbocycles. The lowest BCUT2D eigenvalue weighted by atomic mass is 9.94. The van der Waals surface area contributed by atoms with E-state index in [-0.39, 0.29) is 11.9 Å². The van der Waals surface area contributed by atoms with Gasteiger partial charge in [0, 0.05) is 24.7 Å². The van der Waals surface area contributed by atoms with Crippen LogP contribution in [-0.4, -0.2) is 41.0 Å². The van der Waals surface area contributed by atoms with E-state index in [0.29, 0.717) is 29.7 Å². The number of hydrogen-bond acceptors (Lipinski definition) is 3. The molecule has 1 aliphatic carbocycles. The predicted molar refractivity (Wildman–Crippen MR) is 105 cm³/mol. The molecule has 0 bridgehead atoms. The molecule has 0 atom stereocenters. The number of aromatic nitrogens is 1. The summed E-state index contributed by atoms with van der Waals surface area (Å²) in [6, 6.07) is 13.1. The number of amides is 3. The summed E-state index contributed by atoms with van der Waals surface area (Å²) in [5.74, 6) is 0.460. The highest BCUT2D eigenvalue weighted by atomic mass is 16.2. The Kier molecular flexibility index (Phi) is 5.05. The van der Waals surface area contributed by atoms with Crippen LogP contribution in [0.3, 0.4) is 0 Å². The molecular formula is C21H24N4O2. The molecule has 1 saturated carbocycles. The number of carbonyl (C=O) groups excluding carboxylic acids is 2. The van der Waals surface area contributed by atoms with Crippen molar-refractivity contribution in [1.82, 2.24) is 9.88 Å². The lowest BCUT2D eigenvalue weighted by molar-refractivity contribution is 0.102. The van der Waals surface area contributed by atoms with Gasteiger partial charge in [-0.3, -0.25) is 9.69 Å². The molecule has 1 aromatic heterocycles. The molecule has 2 aliphatic rings. The molecule has 6 heteroatoms. The molecule has 4 rings (SSSR count). The highest BCUT2D eigenvalue weighted by Crippen LogP contribution is 2.27. The van der Waals surface area contributed by atoms with E-state index in [9.17, 15) is 9.59 Å². The standard InChI is InChI=1S/C21H24N4O2/c26-20(16-7-3-1-4-8-16)23-17-11-12-19(22-15-17)25-14-13-24(21(25)27)18-9-5-2-6-10-18/h1,3-4,7-8,11-12,15,18H,2,5-6,9-10,13-14H2,(H,23,26). The Labute approximate surface area is 159 Å². The van der Waals surface area contributed by atoms with Crippen molar-refractivity contribution in [3.63, 3.8) is 0 Å². The third-order valence-corrected chi connectivity index (χ3v) is 5.37. The maximum Gasteiger partial charge on any atom is 0.326 e. The Morgan fingerprint density at radius 3 is 2.48 bits per heavy atom. The third-order valence-electron chi connectivity index (χ3n) is 5.37. The van der Waals surface area contributed by atoms with Gasteiger partial charge in [-0.2, -0.15) is 0 Å². The summed E-state index contributed by atoms with van der Waals surface area (Å²) < 4.78 is 0. The summed E-state index contributed by atoms with van der Waals surface area (Å²) >= 11 is 0. The molecule has 3 amide bonds. The summed E-state index contributed by atoms with van der Waals surface area (Å²) in [6.07, 6.45) is 7.52. The minimum absolute atomic E-state index is 0.0514. The monoisotopic (exact) mass is 364 g/mol. The van der Waals surface area contributed by atoms with Crippen LogP contribution in [0.15, 0.2) is 48.7 Å². The number of urea groups is 1. The minimum Gasteiger partial charge on any atom is -0.321 e. The van der Waals surface area contributed by atoms with E-state index in [1.54, 1.807) is 35.4 Å². The number of pyridine rings is 1. The minimum atomic E-state index is -0.175. The summed E-state index contributed by atoms with van der Waals surface area (Å²) in [6.45, 7) is 1.43. The lowest BCUT2D eigenvalue weighted by Crippen LogP contribution is -2.40. The van der Waals surface area contributed by atoms with Crippen molar-refractivity contribution < 1.29 is 9.59 Å². The van der Waals surface area contributed by atoms with Crippen LogP contribution in [0.5, 0.6) is 0 Å². The molecule has 6 nitrogen and oxygen atoms in total. The smallest absolute Gasteiger partial charge is 0.321 e. The highest BCUT2D eigenvalue weighted by molar-refractivity contribution is 6.04. The zero-order valence-electron chi connectivity index (χ0n) is 15.3. The highest BCUT2D eigenvalue weighted by Gasteiger charge is 2.35. The van der Waals surface area contributed by atoms with Crippen LogP contribution in [-0.2, 0) is 0 Å². The molecule has 140 valence electrons. The van der Waals surface area contributed by atoms with Crippen LogP contribution >= 0.6 is 0 Å². The number of benzene rings is 1. The van der Waals surface area contributed by atoms with Gasteiger partial charge in [-0.1, -0.05) is 37.5 Å². The maximum absolute atomic E-state index is 12.8. The molecule has 1 N–H and O–H groups in total. The number of nitrogens with one attached hydrogen (secondary N) is 1. The zero-order valence-corrected chi connectivity index (χ0v) is 15.3. The van der Waals surface area contributed by atoms with Crippen LogP contribution in [0.25, 0.3) is 0 Å². The van der Waals surface area contributed by atoms with E-state index in [1.807, 2.05) is 23.1 Å². The second-order valence-corrected chi connectivity index (χ2v) is 7.14. The van der Waals surface area contributed by atoms with Crippen molar-refractivity contribution in [1.29, 1.82) is 0 Å². The predicted octanol–water partition coefficient (Wildman–Crippen LogP) is 3.91. The first-order chi connectivity index (χ1) is 13.2. The average Bonchev–Trinajstić information content (AvgIpc) is 3.11. The molecule has 27 heavy (non-hydrogen) atoms. The van der Waals surface area contributed by atoms with E-state index >= 15 is 0 Å². The fraction of sp³-hybridized carbons (Fsp3) is 0.381. The van der Waals surface area contributed by atoms with Gasteiger partial charge in [-0.15, -0.1) is 0 Å². The summed E-state index contributed by atoms with van der Waals surface area (Å²) in [4.78, 5) is 33.2. The van der Waals surface area contributed by atoms with Crippen molar-refractivity contribution in [2.75, 3.05) is 23.3 Å². The molecule has 1 saturated heterocycles. The molecule has 0 unspecified atom stereocenters. The first-order valence-corrected chi connectivity index (χ1v) is 9.63. The molecule has 1 aliphatic heterocycles. The fourth-order valence-corrected chi connectivity index (χ4v) is 3.91. The van der Waals surface area contributed by atoms with E-state index in [0.717, 1.165) is 19.4 Å². The fourth-order valence-electron chi connectivity index (χ4n) is 3.91. The second kappa shape index (κ2) is 7.78. The first kappa shape index (κ1) is 17.5. The normalized spacial score (nSPS) is 18.0. The molecule has 2 aromatic rings. The van der Waals surface area contributed by atoms with E-state index in [1.165, 1.54) is 19.3 Å². The Hall–Kier alpha value is -2.89. The van der Waals surface area contributed by atoms with Gasteiger partial charge in [-0.25, -0.2) is 9.78 Å². The molecule has 2 fully saturated rings. The number of rotatable bonds is 4. The van der Waals surface area contributed by atoms with E-state index in [2.05, 4.69) is 10.3 Å². The van der Waals surface area contributed by atoms with Gasteiger partial charge >= 0.3 is 6.03 Å². The summed E-state index contributed by atoms with van der Waals surface area (Å²) in [5, 5.41) is 2.83. The first-order valence-electron chi connectivity index (χ1n) is 9.63. The number of hydrogen-bond donors (Lipinski definition) is 1. The zero-order chi connectivity index (χ0) is 18.6. The Balaban J connectivity index is 1.40. The van der Waals surface area contributed by atoms with Gasteiger partial charge in [0.05, 0.1) is 11.9 Å². The molecular weight excluding hydrogens is 340 g/mol. The number of carbonyl (C=O) groups is 2. The quantitative estimate of drug-likeness (QED) is 0.894. The second-order valence-electron chi connectivity index (χ2n) is 7.14.